The van der Waals surface area contributed by atoms with Crippen molar-refractivity contribution in [3.05, 3.63) is 134 Å². The monoisotopic (exact) mass is 532 g/mol. The highest BCUT2D eigenvalue weighted by molar-refractivity contribution is 6.38. The minimum atomic E-state index is -0.244. The van der Waals surface area contributed by atoms with Gasteiger partial charge in [0.05, 0.1) is 11.3 Å². The summed E-state index contributed by atoms with van der Waals surface area (Å²) in [4.78, 5) is 13.6. The van der Waals surface area contributed by atoms with Crippen LogP contribution < -0.4 is 9.75 Å². The number of carbonyl (C=O) groups is 1. The summed E-state index contributed by atoms with van der Waals surface area (Å²) < 4.78 is 6.10. The zero-order valence-corrected chi connectivity index (χ0v) is 21.1. The second-order valence-electron chi connectivity index (χ2n) is 8.03. The molecule has 0 unspecified atom stereocenters. The van der Waals surface area contributed by atoms with Gasteiger partial charge in [0.2, 0.25) is 0 Å². The van der Waals surface area contributed by atoms with Gasteiger partial charge in [0.25, 0.3) is 5.91 Å². The van der Waals surface area contributed by atoms with E-state index >= 15 is 0 Å². The average molecular weight is 534 g/mol. The van der Waals surface area contributed by atoms with Crippen LogP contribution in [0.4, 0.5) is 5.69 Å². The Kier molecular flexibility index (Phi) is 7.10. The molecule has 4 nitrogen and oxygen atoms in total. The zero-order chi connectivity index (χ0) is 25.1. The van der Waals surface area contributed by atoms with Crippen molar-refractivity contribution < 1.29 is 9.53 Å². The summed E-state index contributed by atoms with van der Waals surface area (Å²) in [7, 11) is 0. The molecule has 36 heavy (non-hydrogen) atoms. The Hall–Kier alpha value is -3.57. The molecule has 0 aliphatic carbocycles. The summed E-state index contributed by atoms with van der Waals surface area (Å²) in [5.74, 6) is 0.308. The van der Waals surface area contributed by atoms with Gasteiger partial charge in [-0.15, -0.1) is 0 Å². The number of benzene rings is 4. The summed E-state index contributed by atoms with van der Waals surface area (Å²) in [6.45, 7) is 0.220. The number of carbonyl (C=O) groups excluding carboxylic acids is 1. The van der Waals surface area contributed by atoms with Crippen LogP contribution in [0.25, 0.3) is 6.08 Å². The standard InChI is InChI=1S/C29H19Cl3N2O2/c30-22-13-14-27(36-18-20-11-12-23(31)17-26(20)32)21(15-22)16-25-28(19-7-3-1-4-8-19)33-34(29(25)35)24-9-5-2-6-10-24/h1-17H,18H2/b25-16-. The highest BCUT2D eigenvalue weighted by atomic mass is 35.5. The number of hydrogen-bond acceptors (Lipinski definition) is 3. The van der Waals surface area contributed by atoms with Gasteiger partial charge >= 0.3 is 0 Å². The van der Waals surface area contributed by atoms with Crippen molar-refractivity contribution in [3.8, 4) is 5.75 Å². The van der Waals surface area contributed by atoms with E-state index in [1.54, 1.807) is 36.4 Å². The van der Waals surface area contributed by atoms with E-state index in [0.717, 1.165) is 11.1 Å². The number of nitrogens with zero attached hydrogens (tertiary/aromatic N) is 2. The van der Waals surface area contributed by atoms with Crippen LogP contribution in [0, 0.1) is 0 Å². The van der Waals surface area contributed by atoms with Crippen molar-refractivity contribution in [1.29, 1.82) is 0 Å². The van der Waals surface area contributed by atoms with Gasteiger partial charge in [0.15, 0.2) is 0 Å². The van der Waals surface area contributed by atoms with Crippen LogP contribution in [0.5, 0.6) is 5.75 Å². The second kappa shape index (κ2) is 10.6. The molecule has 0 radical (unpaired) electrons. The summed E-state index contributed by atoms with van der Waals surface area (Å²) in [6, 6.07) is 29.4. The van der Waals surface area contributed by atoms with Gasteiger partial charge in [-0.3, -0.25) is 4.79 Å². The van der Waals surface area contributed by atoms with Crippen LogP contribution in [-0.4, -0.2) is 11.6 Å². The van der Waals surface area contributed by atoms with Crippen molar-refractivity contribution in [2.45, 2.75) is 6.61 Å². The van der Waals surface area contributed by atoms with E-state index in [4.69, 9.17) is 39.5 Å². The maximum absolute atomic E-state index is 13.6. The van der Waals surface area contributed by atoms with E-state index in [1.165, 1.54) is 5.01 Å². The van der Waals surface area contributed by atoms with Crippen LogP contribution in [0.3, 0.4) is 0 Å². The number of anilines is 1. The molecule has 4 aromatic carbocycles. The van der Waals surface area contributed by atoms with Gasteiger partial charge < -0.3 is 4.74 Å². The zero-order valence-electron chi connectivity index (χ0n) is 18.9. The molecule has 1 heterocycles. The van der Waals surface area contributed by atoms with Crippen LogP contribution in [0.2, 0.25) is 15.1 Å². The van der Waals surface area contributed by atoms with Gasteiger partial charge in [0, 0.05) is 31.8 Å². The van der Waals surface area contributed by atoms with Crippen molar-refractivity contribution >= 4 is 58.2 Å². The Balaban J connectivity index is 1.54. The predicted octanol–water partition coefficient (Wildman–Crippen LogP) is 8.06. The lowest BCUT2D eigenvalue weighted by atomic mass is 10.00. The first kappa shape index (κ1) is 24.1. The molecule has 0 spiro atoms. The van der Waals surface area contributed by atoms with E-state index < -0.39 is 0 Å². The molecule has 5 rings (SSSR count). The normalized spacial score (nSPS) is 14.3. The summed E-state index contributed by atoms with van der Waals surface area (Å²) in [5.41, 5.74) is 3.94. The fraction of sp³-hybridized carbons (Fsp3) is 0.0345. The molecule has 0 saturated carbocycles. The lowest BCUT2D eigenvalue weighted by Gasteiger charge is -2.13. The molecule has 0 bridgehead atoms. The smallest absolute Gasteiger partial charge is 0.281 e. The number of rotatable bonds is 6. The fourth-order valence-corrected chi connectivity index (χ4v) is 4.46. The third-order valence-electron chi connectivity index (χ3n) is 5.60. The maximum Gasteiger partial charge on any atom is 0.281 e. The summed E-state index contributed by atoms with van der Waals surface area (Å²) >= 11 is 18.7. The Morgan fingerprint density at radius 2 is 1.47 bits per heavy atom. The van der Waals surface area contributed by atoms with Crippen molar-refractivity contribution in [1.82, 2.24) is 0 Å². The minimum absolute atomic E-state index is 0.220. The van der Waals surface area contributed by atoms with Crippen LogP contribution in [-0.2, 0) is 11.4 Å². The van der Waals surface area contributed by atoms with E-state index in [1.807, 2.05) is 66.7 Å². The Morgan fingerprint density at radius 1 is 0.806 bits per heavy atom. The predicted molar refractivity (Wildman–Crippen MR) is 147 cm³/mol. The van der Waals surface area contributed by atoms with Crippen molar-refractivity contribution in [2.24, 2.45) is 5.10 Å². The van der Waals surface area contributed by atoms with Gasteiger partial charge in [0.1, 0.15) is 18.1 Å². The van der Waals surface area contributed by atoms with Crippen LogP contribution in [0.1, 0.15) is 16.7 Å². The fourth-order valence-electron chi connectivity index (χ4n) is 3.81. The molecule has 0 saturated heterocycles. The number of hydrazone groups is 1. The first-order chi connectivity index (χ1) is 17.5. The summed E-state index contributed by atoms with van der Waals surface area (Å²) in [5, 5.41) is 7.67. The van der Waals surface area contributed by atoms with Gasteiger partial charge in [-0.05, 0) is 48.5 Å². The molecule has 0 atom stereocenters. The molecule has 1 amide bonds. The van der Waals surface area contributed by atoms with Crippen LogP contribution >= 0.6 is 34.8 Å². The van der Waals surface area contributed by atoms with Crippen molar-refractivity contribution in [3.63, 3.8) is 0 Å². The van der Waals surface area contributed by atoms with E-state index in [2.05, 4.69) is 5.10 Å². The Morgan fingerprint density at radius 3 is 2.19 bits per heavy atom. The Labute approximate surface area is 224 Å². The lowest BCUT2D eigenvalue weighted by Crippen LogP contribution is -2.21. The second-order valence-corrected chi connectivity index (χ2v) is 9.31. The highest BCUT2D eigenvalue weighted by Gasteiger charge is 2.32. The topological polar surface area (TPSA) is 41.9 Å². The number of amides is 1. The summed E-state index contributed by atoms with van der Waals surface area (Å²) in [6.07, 6.45) is 1.77. The molecule has 1 aliphatic heterocycles. The maximum atomic E-state index is 13.6. The molecular weight excluding hydrogens is 515 g/mol. The van der Waals surface area contributed by atoms with Gasteiger partial charge in [-0.25, -0.2) is 0 Å². The first-order valence-electron chi connectivity index (χ1n) is 11.1. The third kappa shape index (κ3) is 5.17. The van der Waals surface area contributed by atoms with Crippen molar-refractivity contribution in [2.75, 3.05) is 5.01 Å². The quantitative estimate of drug-likeness (QED) is 0.235. The molecule has 0 fully saturated rings. The largest absolute Gasteiger partial charge is 0.488 e. The lowest BCUT2D eigenvalue weighted by molar-refractivity contribution is -0.114. The molecule has 0 N–H and O–H groups in total. The SMILES string of the molecule is O=C1/C(=C\c2cc(Cl)ccc2OCc2ccc(Cl)cc2Cl)C(c2ccccc2)=NN1c1ccccc1. The average Bonchev–Trinajstić information content (AvgIpc) is 3.21. The molecule has 0 aromatic heterocycles. The minimum Gasteiger partial charge on any atom is -0.488 e. The molecule has 4 aromatic rings. The third-order valence-corrected chi connectivity index (χ3v) is 6.42. The molecule has 178 valence electrons. The van der Waals surface area contributed by atoms with Crippen LogP contribution in [0.15, 0.2) is 108 Å². The van der Waals surface area contributed by atoms with E-state index in [-0.39, 0.29) is 12.5 Å². The number of ether oxygens (including phenoxy) is 1. The molecule has 7 heteroatoms. The first-order valence-corrected chi connectivity index (χ1v) is 12.2. The van der Waals surface area contributed by atoms with E-state index in [0.29, 0.717) is 43.4 Å². The van der Waals surface area contributed by atoms with Gasteiger partial charge in [-0.1, -0.05) is 89.4 Å². The Bertz CT molecular complexity index is 1490. The molecular formula is C29H19Cl3N2O2. The number of para-hydroxylation sites is 1. The van der Waals surface area contributed by atoms with E-state index in [9.17, 15) is 4.79 Å². The highest BCUT2D eigenvalue weighted by Crippen LogP contribution is 2.32. The number of hydrogen-bond donors (Lipinski definition) is 0. The molecule has 1 aliphatic rings. The number of halogens is 3. The van der Waals surface area contributed by atoms with Gasteiger partial charge in [-0.2, -0.15) is 10.1 Å².